The Bertz CT molecular complexity index is 632. The van der Waals surface area contributed by atoms with E-state index in [-0.39, 0.29) is 23.7 Å². The minimum atomic E-state index is -0.569. The van der Waals surface area contributed by atoms with Crippen LogP contribution in [-0.2, 0) is 15.0 Å². The Balaban J connectivity index is 1.63. The molecule has 0 aromatic heterocycles. The zero-order valence-corrected chi connectivity index (χ0v) is 16.0. The molecule has 2 fully saturated rings. The number of nitrogens with one attached hydrogen (secondary N) is 1. The fraction of sp³-hybridized carbons (Fsp3) is 0.636. The second kappa shape index (κ2) is 8.96. The third-order valence-corrected chi connectivity index (χ3v) is 6.65. The van der Waals surface area contributed by atoms with Crippen molar-refractivity contribution in [1.29, 1.82) is 0 Å². The summed E-state index contributed by atoms with van der Waals surface area (Å²) < 4.78 is 13.4. The van der Waals surface area contributed by atoms with Crippen LogP contribution in [0.25, 0.3) is 0 Å². The smallest absolute Gasteiger partial charge is 0.230 e. The van der Waals surface area contributed by atoms with Gasteiger partial charge in [0.25, 0.3) is 0 Å². The molecule has 1 aromatic rings. The van der Waals surface area contributed by atoms with Crippen LogP contribution in [0, 0.1) is 17.7 Å². The Hall–Kier alpha value is -1.75. The maximum Gasteiger partial charge on any atom is 0.230 e. The highest BCUT2D eigenvalue weighted by Gasteiger charge is 2.41. The van der Waals surface area contributed by atoms with Gasteiger partial charge in [0, 0.05) is 18.5 Å². The maximum atomic E-state index is 13.4. The van der Waals surface area contributed by atoms with Gasteiger partial charge in [0.2, 0.25) is 5.91 Å². The van der Waals surface area contributed by atoms with Crippen LogP contribution < -0.4 is 11.1 Å². The summed E-state index contributed by atoms with van der Waals surface area (Å²) in [7, 11) is 0. The van der Waals surface area contributed by atoms with Crippen molar-refractivity contribution in [3.05, 3.63) is 35.6 Å². The number of nitrogens with two attached hydrogens (primary N) is 1. The van der Waals surface area contributed by atoms with Crippen molar-refractivity contribution >= 4 is 12.2 Å². The summed E-state index contributed by atoms with van der Waals surface area (Å²) in [5, 5.41) is 3.10. The molecule has 0 saturated heterocycles. The highest BCUT2D eigenvalue weighted by atomic mass is 19.1. The van der Waals surface area contributed by atoms with Gasteiger partial charge >= 0.3 is 0 Å². The second-order valence-corrected chi connectivity index (χ2v) is 8.33. The van der Waals surface area contributed by atoms with Crippen molar-refractivity contribution in [3.63, 3.8) is 0 Å². The van der Waals surface area contributed by atoms with Crippen LogP contribution in [0.4, 0.5) is 4.39 Å². The van der Waals surface area contributed by atoms with E-state index in [9.17, 15) is 14.0 Å². The third kappa shape index (κ3) is 4.57. The van der Waals surface area contributed by atoms with Crippen LogP contribution in [0.15, 0.2) is 24.3 Å². The van der Waals surface area contributed by atoms with Crippen LogP contribution in [-0.4, -0.2) is 24.8 Å². The molecule has 5 heteroatoms. The zero-order valence-electron chi connectivity index (χ0n) is 16.0. The molecule has 1 atom stereocenters. The molecule has 0 heterocycles. The molecule has 2 saturated carbocycles. The van der Waals surface area contributed by atoms with Gasteiger partial charge in [-0.2, -0.15) is 0 Å². The van der Waals surface area contributed by atoms with E-state index < -0.39 is 5.41 Å². The van der Waals surface area contributed by atoms with Gasteiger partial charge in [-0.3, -0.25) is 4.79 Å². The molecule has 1 amide bonds. The lowest BCUT2D eigenvalue weighted by Crippen LogP contribution is -2.50. The van der Waals surface area contributed by atoms with Gasteiger partial charge < -0.3 is 15.8 Å². The first-order chi connectivity index (χ1) is 13.0. The van der Waals surface area contributed by atoms with Crippen molar-refractivity contribution in [1.82, 2.24) is 5.32 Å². The molecule has 148 valence electrons. The quantitative estimate of drug-likeness (QED) is 0.749. The summed E-state index contributed by atoms with van der Waals surface area (Å²) in [6, 6.07) is 6.30. The standard InChI is InChI=1S/C22H31FN2O2/c23-19-10-8-18(9-11-19)22(12-2-1-3-13-22)21(27)25-14-20(24)17-6-4-16(15-26)5-7-17/h8-11,15-17,20H,1-7,12-14,24H2,(H,25,27). The van der Waals surface area contributed by atoms with Crippen LogP contribution in [0.5, 0.6) is 0 Å². The number of carbonyl (C=O) groups excluding carboxylic acids is 2. The molecule has 27 heavy (non-hydrogen) atoms. The van der Waals surface area contributed by atoms with Crippen molar-refractivity contribution < 1.29 is 14.0 Å². The Kier molecular flexibility index (Phi) is 6.64. The van der Waals surface area contributed by atoms with Crippen LogP contribution in [0.2, 0.25) is 0 Å². The van der Waals surface area contributed by atoms with Gasteiger partial charge in [-0.05, 0) is 62.1 Å². The van der Waals surface area contributed by atoms with E-state index in [2.05, 4.69) is 5.32 Å². The molecule has 3 N–H and O–H groups in total. The Labute approximate surface area is 161 Å². The molecule has 0 spiro atoms. The minimum absolute atomic E-state index is 0.0193. The lowest BCUT2D eigenvalue weighted by atomic mass is 9.68. The molecule has 1 aromatic carbocycles. The summed E-state index contributed by atoms with van der Waals surface area (Å²) in [5.74, 6) is 0.269. The van der Waals surface area contributed by atoms with Crippen molar-refractivity contribution in [2.75, 3.05) is 6.54 Å². The third-order valence-electron chi connectivity index (χ3n) is 6.65. The molecule has 4 nitrogen and oxygen atoms in total. The summed E-state index contributed by atoms with van der Waals surface area (Å²) >= 11 is 0. The largest absolute Gasteiger partial charge is 0.354 e. The van der Waals surface area contributed by atoms with Crippen molar-refractivity contribution in [3.8, 4) is 0 Å². The van der Waals surface area contributed by atoms with Crippen molar-refractivity contribution in [2.45, 2.75) is 69.2 Å². The zero-order chi connectivity index (χ0) is 19.3. The highest BCUT2D eigenvalue weighted by Crippen LogP contribution is 2.40. The number of amides is 1. The fourth-order valence-electron chi connectivity index (χ4n) is 4.83. The lowest BCUT2D eigenvalue weighted by molar-refractivity contribution is -0.128. The average Bonchev–Trinajstić information content (AvgIpc) is 2.72. The first-order valence-corrected chi connectivity index (χ1v) is 10.3. The van der Waals surface area contributed by atoms with Gasteiger partial charge in [0.1, 0.15) is 12.1 Å². The number of rotatable bonds is 6. The SMILES string of the molecule is NC(CNC(=O)C1(c2ccc(F)cc2)CCCCC1)C1CCC(C=O)CC1. The van der Waals surface area contributed by atoms with Gasteiger partial charge in [-0.25, -0.2) is 4.39 Å². The van der Waals surface area contributed by atoms with Crippen LogP contribution >= 0.6 is 0 Å². The average molecular weight is 375 g/mol. The number of aldehydes is 1. The summed E-state index contributed by atoms with van der Waals surface area (Å²) in [6.45, 7) is 0.457. The normalized spacial score (nSPS) is 26.1. The number of benzene rings is 1. The predicted octanol–water partition coefficient (Wildman–Crippen LogP) is 3.48. The maximum absolute atomic E-state index is 13.4. The summed E-state index contributed by atoms with van der Waals surface area (Å²) in [4.78, 5) is 24.1. The Morgan fingerprint density at radius 1 is 1.15 bits per heavy atom. The van der Waals surface area contributed by atoms with E-state index in [0.717, 1.165) is 69.6 Å². The number of hydrogen-bond acceptors (Lipinski definition) is 3. The van der Waals surface area contributed by atoms with E-state index in [4.69, 9.17) is 5.73 Å². The lowest BCUT2D eigenvalue weighted by Gasteiger charge is -2.37. The number of halogens is 1. The first-order valence-electron chi connectivity index (χ1n) is 10.3. The van der Waals surface area contributed by atoms with E-state index in [1.807, 2.05) is 0 Å². The molecule has 1 unspecified atom stereocenters. The predicted molar refractivity (Wildman–Crippen MR) is 104 cm³/mol. The highest BCUT2D eigenvalue weighted by molar-refractivity contribution is 5.88. The summed E-state index contributed by atoms with van der Waals surface area (Å²) in [6.07, 6.45) is 9.49. The van der Waals surface area contributed by atoms with Gasteiger partial charge in [-0.1, -0.05) is 31.4 Å². The molecule has 2 aliphatic carbocycles. The fourth-order valence-corrected chi connectivity index (χ4v) is 4.83. The van der Waals surface area contributed by atoms with Gasteiger partial charge in [-0.15, -0.1) is 0 Å². The summed E-state index contributed by atoms with van der Waals surface area (Å²) in [5.41, 5.74) is 6.70. The molecular formula is C22H31FN2O2. The molecule has 0 bridgehead atoms. The van der Waals surface area contributed by atoms with Crippen molar-refractivity contribution in [2.24, 2.45) is 17.6 Å². The first kappa shape index (κ1) is 20.0. The van der Waals surface area contributed by atoms with Gasteiger partial charge in [0.15, 0.2) is 0 Å². The number of carbonyl (C=O) groups is 2. The molecule has 0 radical (unpaired) electrons. The van der Waals surface area contributed by atoms with E-state index in [0.29, 0.717) is 12.5 Å². The minimum Gasteiger partial charge on any atom is -0.354 e. The molecule has 0 aliphatic heterocycles. The molecular weight excluding hydrogens is 343 g/mol. The van der Waals surface area contributed by atoms with Crippen LogP contribution in [0.3, 0.4) is 0 Å². The van der Waals surface area contributed by atoms with E-state index >= 15 is 0 Å². The molecule has 3 rings (SSSR count). The van der Waals surface area contributed by atoms with Crippen LogP contribution in [0.1, 0.15) is 63.4 Å². The Morgan fingerprint density at radius 2 is 1.78 bits per heavy atom. The molecule has 2 aliphatic rings. The second-order valence-electron chi connectivity index (χ2n) is 8.33. The topological polar surface area (TPSA) is 72.2 Å². The van der Waals surface area contributed by atoms with E-state index in [1.165, 1.54) is 12.1 Å². The van der Waals surface area contributed by atoms with E-state index in [1.54, 1.807) is 12.1 Å². The number of hydrogen-bond donors (Lipinski definition) is 2. The van der Waals surface area contributed by atoms with Gasteiger partial charge in [0.05, 0.1) is 5.41 Å². The Morgan fingerprint density at radius 3 is 2.37 bits per heavy atom. The monoisotopic (exact) mass is 374 g/mol.